The van der Waals surface area contributed by atoms with Gasteiger partial charge in [-0.2, -0.15) is 5.10 Å². The van der Waals surface area contributed by atoms with Gasteiger partial charge in [0.25, 0.3) is 5.91 Å². The van der Waals surface area contributed by atoms with E-state index in [0.29, 0.717) is 37.4 Å². The topological polar surface area (TPSA) is 80.6 Å². The maximum absolute atomic E-state index is 13.1. The highest BCUT2D eigenvalue weighted by atomic mass is 16.5. The van der Waals surface area contributed by atoms with Crippen LogP contribution >= 0.6 is 0 Å². The Morgan fingerprint density at radius 2 is 1.61 bits per heavy atom. The molecule has 0 radical (unpaired) electrons. The smallest absolute Gasteiger partial charge is 0.342 e. The van der Waals surface area contributed by atoms with Gasteiger partial charge in [-0.1, -0.05) is 54.1 Å². The zero-order valence-electron chi connectivity index (χ0n) is 20.1. The highest BCUT2D eigenvalue weighted by Crippen LogP contribution is 2.24. The van der Waals surface area contributed by atoms with Gasteiger partial charge in [0.05, 0.1) is 5.69 Å². The lowest BCUT2D eigenvalue weighted by molar-refractivity contribution is -0.134. The van der Waals surface area contributed by atoms with E-state index < -0.39 is 5.97 Å². The van der Waals surface area contributed by atoms with E-state index in [4.69, 9.17) is 4.74 Å². The van der Waals surface area contributed by atoms with Crippen LogP contribution in [-0.2, 0) is 9.53 Å². The first-order valence-corrected chi connectivity index (χ1v) is 11.9. The number of pyridine rings is 1. The number of hydrogen-bond donors (Lipinski definition) is 0. The summed E-state index contributed by atoms with van der Waals surface area (Å²) < 4.78 is 7.14. The van der Waals surface area contributed by atoms with E-state index in [1.165, 1.54) is 0 Å². The summed E-state index contributed by atoms with van der Waals surface area (Å²) in [5.41, 5.74) is 3.59. The van der Waals surface area contributed by atoms with Crippen LogP contribution in [0.1, 0.15) is 15.9 Å². The average molecular weight is 482 g/mol. The molecule has 1 aliphatic rings. The lowest BCUT2D eigenvalue weighted by atomic mass is 10.1. The van der Waals surface area contributed by atoms with Gasteiger partial charge in [0.2, 0.25) is 0 Å². The standard InChI is InChI=1S/C28H27N5O3/c1-21-10-12-23(13-11-21)33-19-24(27(30-33)22-7-3-2-4-8-22)28(35)36-20-26(34)32-17-15-31(16-18-32)25-9-5-6-14-29-25/h2-14,19H,15-18,20H2,1H3. The molecule has 0 atom stereocenters. The number of esters is 1. The summed E-state index contributed by atoms with van der Waals surface area (Å²) in [6.07, 6.45) is 3.42. The molecule has 5 rings (SSSR count). The molecule has 0 spiro atoms. The van der Waals surface area contributed by atoms with Crippen molar-refractivity contribution in [1.82, 2.24) is 19.7 Å². The molecule has 2 aromatic carbocycles. The van der Waals surface area contributed by atoms with Crippen molar-refractivity contribution in [2.24, 2.45) is 0 Å². The summed E-state index contributed by atoms with van der Waals surface area (Å²) >= 11 is 0. The first-order chi connectivity index (χ1) is 17.6. The van der Waals surface area contributed by atoms with Crippen LogP contribution in [0.2, 0.25) is 0 Å². The lowest BCUT2D eigenvalue weighted by Crippen LogP contribution is -2.50. The molecule has 8 heteroatoms. The molecule has 1 amide bonds. The van der Waals surface area contributed by atoms with Crippen molar-refractivity contribution in [1.29, 1.82) is 0 Å². The number of piperazine rings is 1. The van der Waals surface area contributed by atoms with E-state index in [0.717, 1.165) is 22.6 Å². The van der Waals surface area contributed by atoms with Crippen molar-refractivity contribution in [3.63, 3.8) is 0 Å². The maximum atomic E-state index is 13.1. The van der Waals surface area contributed by atoms with Gasteiger partial charge in [-0.3, -0.25) is 4.79 Å². The quantitative estimate of drug-likeness (QED) is 0.390. The molecule has 1 aliphatic heterocycles. The predicted molar refractivity (Wildman–Crippen MR) is 137 cm³/mol. The molecule has 0 unspecified atom stereocenters. The number of anilines is 1. The van der Waals surface area contributed by atoms with Crippen LogP contribution in [0.15, 0.2) is 85.2 Å². The summed E-state index contributed by atoms with van der Waals surface area (Å²) in [6.45, 7) is 4.16. The Bertz CT molecular complexity index is 1330. The zero-order chi connectivity index (χ0) is 24.9. The number of carbonyl (C=O) groups excluding carboxylic acids is 2. The average Bonchev–Trinajstić information content (AvgIpc) is 3.39. The molecule has 0 N–H and O–H groups in total. The molecular formula is C28H27N5O3. The summed E-state index contributed by atoms with van der Waals surface area (Å²) in [7, 11) is 0. The fraction of sp³-hybridized carbons (Fsp3) is 0.214. The summed E-state index contributed by atoms with van der Waals surface area (Å²) in [5.74, 6) is 0.110. The summed E-state index contributed by atoms with van der Waals surface area (Å²) in [6, 6.07) is 23.1. The molecule has 182 valence electrons. The lowest BCUT2D eigenvalue weighted by Gasteiger charge is -2.35. The van der Waals surface area contributed by atoms with E-state index in [9.17, 15) is 9.59 Å². The second-order valence-electron chi connectivity index (χ2n) is 8.67. The summed E-state index contributed by atoms with van der Waals surface area (Å²) in [5, 5.41) is 4.66. The second-order valence-corrected chi connectivity index (χ2v) is 8.67. The van der Waals surface area contributed by atoms with Crippen LogP contribution in [0.25, 0.3) is 16.9 Å². The minimum atomic E-state index is -0.576. The molecule has 2 aromatic heterocycles. The number of carbonyl (C=O) groups is 2. The molecule has 0 aliphatic carbocycles. The van der Waals surface area contributed by atoms with Gasteiger partial charge in [0.15, 0.2) is 6.61 Å². The van der Waals surface area contributed by atoms with Crippen molar-refractivity contribution in [2.45, 2.75) is 6.92 Å². The predicted octanol–water partition coefficient (Wildman–Crippen LogP) is 3.75. The number of aryl methyl sites for hydroxylation is 1. The van der Waals surface area contributed by atoms with Gasteiger partial charge in [-0.15, -0.1) is 0 Å². The van der Waals surface area contributed by atoms with E-state index >= 15 is 0 Å². The molecular weight excluding hydrogens is 454 g/mol. The Labute approximate surface area is 209 Å². The fourth-order valence-corrected chi connectivity index (χ4v) is 4.18. The Kier molecular flexibility index (Phi) is 6.75. The number of hydrogen-bond acceptors (Lipinski definition) is 6. The van der Waals surface area contributed by atoms with Crippen LogP contribution < -0.4 is 4.90 Å². The summed E-state index contributed by atoms with van der Waals surface area (Å²) in [4.78, 5) is 34.1. The molecule has 3 heterocycles. The highest BCUT2D eigenvalue weighted by Gasteiger charge is 2.25. The Hall–Kier alpha value is -4.46. The van der Waals surface area contributed by atoms with Crippen molar-refractivity contribution >= 4 is 17.7 Å². The van der Waals surface area contributed by atoms with Crippen LogP contribution in [-0.4, -0.2) is 64.3 Å². The van der Waals surface area contributed by atoms with E-state index in [1.807, 2.05) is 79.7 Å². The molecule has 1 fully saturated rings. The molecule has 4 aromatic rings. The fourth-order valence-electron chi connectivity index (χ4n) is 4.18. The van der Waals surface area contributed by atoms with Gasteiger partial charge in [-0.05, 0) is 31.2 Å². The number of aromatic nitrogens is 3. The third-order valence-corrected chi connectivity index (χ3v) is 6.21. The van der Waals surface area contributed by atoms with Crippen LogP contribution in [0.4, 0.5) is 5.82 Å². The van der Waals surface area contributed by atoms with Gasteiger partial charge in [-0.25, -0.2) is 14.5 Å². The van der Waals surface area contributed by atoms with Gasteiger partial charge in [0.1, 0.15) is 17.1 Å². The Morgan fingerprint density at radius 3 is 2.31 bits per heavy atom. The third kappa shape index (κ3) is 5.12. The molecule has 8 nitrogen and oxygen atoms in total. The Balaban J connectivity index is 1.27. The van der Waals surface area contributed by atoms with E-state index in [-0.39, 0.29) is 12.5 Å². The van der Waals surface area contributed by atoms with Crippen molar-refractivity contribution in [3.8, 4) is 16.9 Å². The second kappa shape index (κ2) is 10.4. The largest absolute Gasteiger partial charge is 0.452 e. The van der Waals surface area contributed by atoms with E-state index in [2.05, 4.69) is 15.0 Å². The molecule has 0 bridgehead atoms. The van der Waals surface area contributed by atoms with Crippen LogP contribution in [0, 0.1) is 6.92 Å². The third-order valence-electron chi connectivity index (χ3n) is 6.21. The van der Waals surface area contributed by atoms with Crippen molar-refractivity contribution in [3.05, 3.63) is 96.3 Å². The number of ether oxygens (including phenoxy) is 1. The van der Waals surface area contributed by atoms with Gasteiger partial charge in [0, 0.05) is 44.1 Å². The minimum absolute atomic E-state index is 0.212. The molecule has 1 saturated heterocycles. The van der Waals surface area contributed by atoms with Crippen LogP contribution in [0.3, 0.4) is 0 Å². The van der Waals surface area contributed by atoms with Crippen LogP contribution in [0.5, 0.6) is 0 Å². The maximum Gasteiger partial charge on any atom is 0.342 e. The monoisotopic (exact) mass is 481 g/mol. The number of rotatable bonds is 6. The normalized spacial score (nSPS) is 13.5. The zero-order valence-corrected chi connectivity index (χ0v) is 20.1. The molecule has 0 saturated carbocycles. The number of amides is 1. The van der Waals surface area contributed by atoms with Crippen molar-refractivity contribution < 1.29 is 14.3 Å². The SMILES string of the molecule is Cc1ccc(-n2cc(C(=O)OCC(=O)N3CCN(c4ccccn4)CC3)c(-c3ccccc3)n2)cc1. The number of nitrogens with zero attached hydrogens (tertiary/aromatic N) is 5. The van der Waals surface area contributed by atoms with Crippen molar-refractivity contribution in [2.75, 3.05) is 37.7 Å². The first kappa shape index (κ1) is 23.3. The van der Waals surface area contributed by atoms with E-state index in [1.54, 1.807) is 22.0 Å². The number of benzene rings is 2. The Morgan fingerprint density at radius 1 is 0.889 bits per heavy atom. The first-order valence-electron chi connectivity index (χ1n) is 11.9. The van der Waals surface area contributed by atoms with Gasteiger partial charge >= 0.3 is 5.97 Å². The minimum Gasteiger partial charge on any atom is -0.452 e. The highest BCUT2D eigenvalue weighted by molar-refractivity contribution is 5.97. The molecule has 36 heavy (non-hydrogen) atoms. The van der Waals surface area contributed by atoms with Gasteiger partial charge < -0.3 is 14.5 Å².